The van der Waals surface area contributed by atoms with E-state index in [1.807, 2.05) is 0 Å². The van der Waals surface area contributed by atoms with E-state index < -0.39 is 64.8 Å². The number of benzene rings is 1. The molecular weight excluding hydrogens is 441 g/mol. The first-order valence-corrected chi connectivity index (χ1v) is 8.48. The van der Waals surface area contributed by atoms with Gasteiger partial charge in [0.15, 0.2) is 0 Å². The molecule has 0 bridgehead atoms. The second kappa shape index (κ2) is 7.21. The maximum atomic E-state index is 14.6. The Morgan fingerprint density at radius 3 is 2.19 bits per heavy atom. The van der Waals surface area contributed by atoms with Gasteiger partial charge in [0.2, 0.25) is 5.82 Å². The van der Waals surface area contributed by atoms with E-state index in [0.29, 0.717) is 23.7 Å². The number of alkyl halides is 6. The zero-order valence-electron chi connectivity index (χ0n) is 15.7. The average Bonchev–Trinajstić information content (AvgIpc) is 3.02. The molecule has 2 heterocycles. The van der Waals surface area contributed by atoms with Gasteiger partial charge in [-0.25, -0.2) is 18.7 Å². The number of nitrogens with zero attached hydrogens (tertiary/aromatic N) is 4. The van der Waals surface area contributed by atoms with Crippen LogP contribution in [0.3, 0.4) is 0 Å². The van der Waals surface area contributed by atoms with Crippen molar-refractivity contribution in [2.45, 2.75) is 25.3 Å². The summed E-state index contributed by atoms with van der Waals surface area (Å²) in [6.45, 7) is 0.450. The van der Waals surface area contributed by atoms with Gasteiger partial charge in [0.05, 0.1) is 29.4 Å². The predicted molar refractivity (Wildman–Crippen MR) is 92.3 cm³/mol. The summed E-state index contributed by atoms with van der Waals surface area (Å²) in [5.41, 5.74) is -6.43. The lowest BCUT2D eigenvalue weighted by Gasteiger charge is -2.17. The van der Waals surface area contributed by atoms with Crippen LogP contribution in [0.1, 0.15) is 24.5 Å². The van der Waals surface area contributed by atoms with Crippen LogP contribution in [0.2, 0.25) is 0 Å². The summed E-state index contributed by atoms with van der Waals surface area (Å²) in [6.07, 6.45) is -10.0. The molecule has 1 aromatic carbocycles. The number of aromatic nitrogens is 4. The molecule has 2 aromatic heterocycles. The van der Waals surface area contributed by atoms with Crippen LogP contribution in [0.4, 0.5) is 30.7 Å². The van der Waals surface area contributed by atoms with Gasteiger partial charge >= 0.3 is 18.0 Å². The fourth-order valence-electron chi connectivity index (χ4n) is 3.12. The molecule has 0 saturated heterocycles. The molecule has 3 aromatic rings. The van der Waals surface area contributed by atoms with Gasteiger partial charge in [0.1, 0.15) is 11.5 Å². The maximum Gasteiger partial charge on any atom is 0.449 e. The molecule has 0 fully saturated rings. The summed E-state index contributed by atoms with van der Waals surface area (Å²) in [4.78, 5) is 28.0. The van der Waals surface area contributed by atoms with Crippen LogP contribution in [0.5, 0.6) is 0 Å². The lowest BCUT2D eigenvalue weighted by atomic mass is 10.2. The van der Waals surface area contributed by atoms with Crippen LogP contribution < -0.4 is 11.2 Å². The van der Waals surface area contributed by atoms with Crippen LogP contribution in [-0.4, -0.2) is 30.4 Å². The number of halogens is 7. The molecule has 0 spiro atoms. The first-order chi connectivity index (χ1) is 14.2. The zero-order chi connectivity index (χ0) is 23.5. The Balaban J connectivity index is 2.40. The van der Waals surface area contributed by atoms with E-state index in [-0.39, 0.29) is 20.7 Å². The second-order valence-electron chi connectivity index (χ2n) is 6.67. The number of rotatable bonds is 3. The number of aliphatic hydroxyl groups excluding tert-OH is 1. The summed E-state index contributed by atoms with van der Waals surface area (Å²) < 4.78 is 94.4. The Labute approximate surface area is 167 Å². The molecule has 168 valence electrons. The van der Waals surface area contributed by atoms with Crippen molar-refractivity contribution in [2.24, 2.45) is 7.05 Å². The minimum absolute atomic E-state index is 0.0677. The van der Waals surface area contributed by atoms with Gasteiger partial charge in [0, 0.05) is 19.2 Å². The lowest BCUT2D eigenvalue weighted by Crippen LogP contribution is -2.41. The molecule has 0 radical (unpaired) electrons. The van der Waals surface area contributed by atoms with Gasteiger partial charge in [-0.05, 0) is 13.0 Å². The Hall–Kier alpha value is -3.16. The van der Waals surface area contributed by atoms with Gasteiger partial charge in [-0.15, -0.1) is 0 Å². The first kappa shape index (κ1) is 22.5. The molecule has 0 amide bonds. The van der Waals surface area contributed by atoms with Crippen molar-refractivity contribution >= 4 is 11.0 Å². The average molecular weight is 454 g/mol. The lowest BCUT2D eigenvalue weighted by molar-refractivity contribution is -0.147. The monoisotopic (exact) mass is 454 g/mol. The van der Waals surface area contributed by atoms with Gasteiger partial charge in [-0.1, -0.05) is 0 Å². The van der Waals surface area contributed by atoms with Crippen molar-refractivity contribution in [3.63, 3.8) is 0 Å². The summed E-state index contributed by atoms with van der Waals surface area (Å²) in [6, 6.07) is 0.0889. The van der Waals surface area contributed by atoms with Gasteiger partial charge in [-0.2, -0.15) is 26.3 Å². The molecule has 0 saturated carbocycles. The van der Waals surface area contributed by atoms with Crippen LogP contribution in [-0.2, 0) is 19.4 Å². The van der Waals surface area contributed by atoms with Crippen LogP contribution in [0.15, 0.2) is 27.8 Å². The van der Waals surface area contributed by atoms with E-state index in [9.17, 15) is 45.4 Å². The molecule has 1 unspecified atom stereocenters. The molecule has 31 heavy (non-hydrogen) atoms. The van der Waals surface area contributed by atoms with E-state index in [0.717, 1.165) is 0 Å². The molecule has 14 heteroatoms. The smallest absolute Gasteiger partial charge is 0.394 e. The fraction of sp³-hybridized carbons (Fsp3) is 0.353. The Bertz CT molecular complexity index is 1280. The van der Waals surface area contributed by atoms with E-state index in [2.05, 4.69) is 4.98 Å². The highest BCUT2D eigenvalue weighted by atomic mass is 19.4. The molecule has 3 rings (SSSR count). The van der Waals surface area contributed by atoms with E-state index in [1.165, 1.54) is 6.92 Å². The normalized spacial score (nSPS) is 13.7. The minimum atomic E-state index is -5.05. The van der Waals surface area contributed by atoms with Crippen molar-refractivity contribution in [1.82, 2.24) is 18.7 Å². The molecule has 7 nitrogen and oxygen atoms in total. The highest BCUT2D eigenvalue weighted by Gasteiger charge is 2.39. The summed E-state index contributed by atoms with van der Waals surface area (Å²) in [7, 11) is 0.706. The van der Waals surface area contributed by atoms with Crippen molar-refractivity contribution in [2.75, 3.05) is 6.61 Å². The Kier molecular flexibility index (Phi) is 5.24. The fourth-order valence-corrected chi connectivity index (χ4v) is 3.12. The summed E-state index contributed by atoms with van der Waals surface area (Å²) in [5.74, 6) is -2.82. The summed E-state index contributed by atoms with van der Waals surface area (Å²) >= 11 is 0. The van der Waals surface area contributed by atoms with Crippen molar-refractivity contribution < 1.29 is 35.8 Å². The van der Waals surface area contributed by atoms with Gasteiger partial charge < -0.3 is 9.67 Å². The Morgan fingerprint density at radius 2 is 1.68 bits per heavy atom. The first-order valence-electron chi connectivity index (χ1n) is 8.48. The molecule has 1 atom stereocenters. The van der Waals surface area contributed by atoms with Crippen LogP contribution in [0.25, 0.3) is 16.7 Å². The highest BCUT2D eigenvalue weighted by molar-refractivity contribution is 5.79. The van der Waals surface area contributed by atoms with Crippen LogP contribution in [0, 0.1) is 5.82 Å². The molecule has 0 aliphatic carbocycles. The summed E-state index contributed by atoms with van der Waals surface area (Å²) in [5, 5.41) is 9.32. The highest BCUT2D eigenvalue weighted by Crippen LogP contribution is 2.35. The zero-order valence-corrected chi connectivity index (χ0v) is 15.7. The SMILES string of the molecule is CC(CO)n1c(C(F)(F)F)nc2cc(F)c(-n3c(=O)cc(C(F)(F)F)n(C)c3=O)cc21. The number of hydrogen-bond acceptors (Lipinski definition) is 4. The van der Waals surface area contributed by atoms with Crippen LogP contribution >= 0.6 is 0 Å². The van der Waals surface area contributed by atoms with Gasteiger partial charge in [0.25, 0.3) is 5.56 Å². The van der Waals surface area contributed by atoms with Crippen molar-refractivity contribution in [1.29, 1.82) is 0 Å². The molecule has 1 N–H and O–H groups in total. The number of fused-ring (bicyclic) bond motifs is 1. The van der Waals surface area contributed by atoms with E-state index in [4.69, 9.17) is 0 Å². The third-order valence-electron chi connectivity index (χ3n) is 4.57. The number of hydrogen-bond donors (Lipinski definition) is 1. The third kappa shape index (κ3) is 3.71. The topological polar surface area (TPSA) is 82.0 Å². The quantitative estimate of drug-likeness (QED) is 0.617. The molecular formula is C17H13F7N4O3. The van der Waals surface area contributed by atoms with E-state index in [1.54, 1.807) is 0 Å². The Morgan fingerprint density at radius 1 is 1.06 bits per heavy atom. The largest absolute Gasteiger partial charge is 0.449 e. The molecule has 0 aliphatic rings. The second-order valence-corrected chi connectivity index (χ2v) is 6.67. The predicted octanol–water partition coefficient (Wildman–Crippen LogP) is 2.62. The minimum Gasteiger partial charge on any atom is -0.394 e. The van der Waals surface area contributed by atoms with Crippen molar-refractivity contribution in [3.05, 3.63) is 56.4 Å². The standard InChI is InChI=1S/C17H13F7N4O3/c1-7(6-29)27-11-4-10(8(18)3-9(11)25-14(27)17(22,23)24)28-13(30)5-12(16(19,20)21)26(2)15(28)31/h3-5,7,29H,6H2,1-2H3. The van der Waals surface area contributed by atoms with E-state index >= 15 is 0 Å². The third-order valence-corrected chi connectivity index (χ3v) is 4.57. The molecule has 0 aliphatic heterocycles. The number of imidazole rings is 1. The van der Waals surface area contributed by atoms with Gasteiger partial charge in [-0.3, -0.25) is 9.36 Å². The van der Waals surface area contributed by atoms with Crippen molar-refractivity contribution in [3.8, 4) is 5.69 Å². The maximum absolute atomic E-state index is 14.6. The number of aliphatic hydroxyl groups is 1.